The van der Waals surface area contributed by atoms with E-state index in [1.807, 2.05) is 29.7 Å². The molecule has 0 saturated heterocycles. The van der Waals surface area contributed by atoms with E-state index in [2.05, 4.69) is 31.2 Å². The van der Waals surface area contributed by atoms with Crippen LogP contribution in [0.25, 0.3) is 0 Å². The molecule has 0 bridgehead atoms. The van der Waals surface area contributed by atoms with Crippen LogP contribution < -0.4 is 5.32 Å². The lowest BCUT2D eigenvalue weighted by Crippen LogP contribution is -2.26. The van der Waals surface area contributed by atoms with E-state index in [1.54, 1.807) is 0 Å². The van der Waals surface area contributed by atoms with Crippen LogP contribution in [0.3, 0.4) is 0 Å². The highest BCUT2D eigenvalue weighted by atomic mass is 32.2. The van der Waals surface area contributed by atoms with Crippen molar-refractivity contribution in [2.45, 2.75) is 39.8 Å². The van der Waals surface area contributed by atoms with E-state index in [0.717, 1.165) is 6.54 Å². The Labute approximate surface area is 103 Å². The number of nitrogens with one attached hydrogen (secondary N) is 1. The van der Waals surface area contributed by atoms with Crippen molar-refractivity contribution < 1.29 is 0 Å². The van der Waals surface area contributed by atoms with Crippen molar-refractivity contribution in [2.24, 2.45) is 7.05 Å². The van der Waals surface area contributed by atoms with Gasteiger partial charge in [0.1, 0.15) is 0 Å². The van der Waals surface area contributed by atoms with Crippen molar-refractivity contribution in [1.82, 2.24) is 15.1 Å². The van der Waals surface area contributed by atoms with Crippen molar-refractivity contribution in [3.63, 3.8) is 0 Å². The molecule has 0 radical (unpaired) electrons. The first-order valence-corrected chi connectivity index (χ1v) is 7.09. The SMILES string of the molecule is CCSCCC(C)NCc1cnn(C)c1C. The maximum absolute atomic E-state index is 4.24. The van der Waals surface area contributed by atoms with Crippen LogP contribution in [-0.2, 0) is 13.6 Å². The van der Waals surface area contributed by atoms with Crippen LogP contribution in [0, 0.1) is 6.92 Å². The van der Waals surface area contributed by atoms with Crippen molar-refractivity contribution in [3.05, 3.63) is 17.5 Å². The van der Waals surface area contributed by atoms with E-state index < -0.39 is 0 Å². The van der Waals surface area contributed by atoms with Crippen molar-refractivity contribution >= 4 is 11.8 Å². The Balaban J connectivity index is 2.26. The van der Waals surface area contributed by atoms with Gasteiger partial charge in [-0.2, -0.15) is 16.9 Å². The summed E-state index contributed by atoms with van der Waals surface area (Å²) >= 11 is 2.01. The number of aromatic nitrogens is 2. The van der Waals surface area contributed by atoms with E-state index in [-0.39, 0.29) is 0 Å². The standard InChI is InChI=1S/C12H23N3S/c1-5-16-7-6-10(2)13-8-12-9-14-15(4)11(12)3/h9-10,13H,5-8H2,1-4H3. The largest absolute Gasteiger partial charge is 0.310 e. The fourth-order valence-electron chi connectivity index (χ4n) is 1.51. The first-order valence-electron chi connectivity index (χ1n) is 5.93. The Kier molecular flexibility index (Phi) is 5.91. The van der Waals surface area contributed by atoms with Gasteiger partial charge in [0.2, 0.25) is 0 Å². The summed E-state index contributed by atoms with van der Waals surface area (Å²) in [7, 11) is 1.99. The van der Waals surface area contributed by atoms with Crippen LogP contribution in [0.4, 0.5) is 0 Å². The molecule has 1 aromatic heterocycles. The molecule has 16 heavy (non-hydrogen) atoms. The summed E-state index contributed by atoms with van der Waals surface area (Å²) in [5.74, 6) is 2.46. The molecule has 92 valence electrons. The van der Waals surface area contributed by atoms with E-state index >= 15 is 0 Å². The van der Waals surface area contributed by atoms with Gasteiger partial charge >= 0.3 is 0 Å². The number of aryl methyl sites for hydroxylation is 1. The van der Waals surface area contributed by atoms with Gasteiger partial charge in [0.25, 0.3) is 0 Å². The number of nitrogens with zero attached hydrogens (tertiary/aromatic N) is 2. The average molecular weight is 241 g/mol. The maximum Gasteiger partial charge on any atom is 0.0537 e. The molecule has 3 nitrogen and oxygen atoms in total. The van der Waals surface area contributed by atoms with Crippen LogP contribution in [0.5, 0.6) is 0 Å². The normalized spacial score (nSPS) is 13.0. The molecule has 1 rings (SSSR count). The van der Waals surface area contributed by atoms with E-state index in [9.17, 15) is 0 Å². The smallest absolute Gasteiger partial charge is 0.0537 e. The molecule has 0 aliphatic rings. The van der Waals surface area contributed by atoms with Gasteiger partial charge in [-0.1, -0.05) is 6.92 Å². The maximum atomic E-state index is 4.24. The number of thioether (sulfide) groups is 1. The zero-order valence-electron chi connectivity index (χ0n) is 10.8. The molecule has 0 aliphatic heterocycles. The molecule has 0 fully saturated rings. The summed E-state index contributed by atoms with van der Waals surface area (Å²) in [6, 6.07) is 0.582. The zero-order valence-corrected chi connectivity index (χ0v) is 11.6. The predicted molar refractivity (Wildman–Crippen MR) is 71.9 cm³/mol. The van der Waals surface area contributed by atoms with E-state index in [0.29, 0.717) is 6.04 Å². The van der Waals surface area contributed by atoms with Gasteiger partial charge in [0.15, 0.2) is 0 Å². The summed E-state index contributed by atoms with van der Waals surface area (Å²) < 4.78 is 1.93. The molecule has 0 saturated carbocycles. The first kappa shape index (κ1) is 13.6. The highest BCUT2D eigenvalue weighted by molar-refractivity contribution is 7.99. The molecule has 1 atom stereocenters. The van der Waals surface area contributed by atoms with Crippen LogP contribution >= 0.6 is 11.8 Å². The third-order valence-electron chi connectivity index (χ3n) is 2.88. The Hall–Kier alpha value is -0.480. The first-order chi connectivity index (χ1) is 7.65. The third kappa shape index (κ3) is 4.18. The van der Waals surface area contributed by atoms with Gasteiger partial charge in [-0.3, -0.25) is 4.68 Å². The Bertz CT molecular complexity index is 309. The number of rotatable bonds is 7. The van der Waals surface area contributed by atoms with Gasteiger partial charge in [-0.15, -0.1) is 0 Å². The lowest BCUT2D eigenvalue weighted by Gasteiger charge is -2.13. The second kappa shape index (κ2) is 6.97. The molecule has 0 aromatic carbocycles. The fraction of sp³-hybridized carbons (Fsp3) is 0.750. The molecule has 0 aliphatic carbocycles. The summed E-state index contributed by atoms with van der Waals surface area (Å²) in [6.45, 7) is 7.50. The molecule has 0 spiro atoms. The molecule has 0 amide bonds. The third-order valence-corrected chi connectivity index (χ3v) is 3.81. The monoisotopic (exact) mass is 241 g/mol. The number of hydrogen-bond acceptors (Lipinski definition) is 3. The lowest BCUT2D eigenvalue weighted by atomic mass is 10.2. The van der Waals surface area contributed by atoms with Crippen LogP contribution in [-0.4, -0.2) is 27.3 Å². The number of hydrogen-bond donors (Lipinski definition) is 1. The second-order valence-corrected chi connectivity index (χ2v) is 5.54. The second-order valence-electron chi connectivity index (χ2n) is 4.15. The minimum absolute atomic E-state index is 0.582. The molecular weight excluding hydrogens is 218 g/mol. The van der Waals surface area contributed by atoms with Crippen LogP contribution in [0.15, 0.2) is 6.20 Å². The zero-order chi connectivity index (χ0) is 12.0. The highest BCUT2D eigenvalue weighted by Gasteiger charge is 2.05. The van der Waals surface area contributed by atoms with E-state index in [4.69, 9.17) is 0 Å². The molecule has 4 heteroatoms. The molecular formula is C12H23N3S. The van der Waals surface area contributed by atoms with Crippen molar-refractivity contribution in [3.8, 4) is 0 Å². The highest BCUT2D eigenvalue weighted by Crippen LogP contribution is 2.07. The summed E-state index contributed by atoms with van der Waals surface area (Å²) in [5, 5.41) is 7.79. The minimum atomic E-state index is 0.582. The van der Waals surface area contributed by atoms with Crippen molar-refractivity contribution in [2.75, 3.05) is 11.5 Å². The Morgan fingerprint density at radius 3 is 2.88 bits per heavy atom. The molecule has 1 N–H and O–H groups in total. The van der Waals surface area contributed by atoms with Crippen LogP contribution in [0.2, 0.25) is 0 Å². The molecule has 1 unspecified atom stereocenters. The summed E-state index contributed by atoms with van der Waals surface area (Å²) in [6.07, 6.45) is 3.19. The molecule has 1 heterocycles. The minimum Gasteiger partial charge on any atom is -0.310 e. The van der Waals surface area contributed by atoms with E-state index in [1.165, 1.54) is 29.2 Å². The fourth-order valence-corrected chi connectivity index (χ4v) is 2.32. The van der Waals surface area contributed by atoms with Gasteiger partial charge < -0.3 is 5.32 Å². The Morgan fingerprint density at radius 2 is 2.31 bits per heavy atom. The summed E-state index contributed by atoms with van der Waals surface area (Å²) in [4.78, 5) is 0. The van der Waals surface area contributed by atoms with Crippen molar-refractivity contribution in [1.29, 1.82) is 0 Å². The van der Waals surface area contributed by atoms with Gasteiger partial charge in [-0.25, -0.2) is 0 Å². The lowest BCUT2D eigenvalue weighted by molar-refractivity contribution is 0.536. The van der Waals surface area contributed by atoms with Gasteiger partial charge in [0.05, 0.1) is 6.20 Å². The quantitative estimate of drug-likeness (QED) is 0.743. The van der Waals surface area contributed by atoms with Gasteiger partial charge in [0, 0.05) is 30.9 Å². The predicted octanol–water partition coefficient (Wildman–Crippen LogP) is 2.35. The van der Waals surface area contributed by atoms with Crippen LogP contribution in [0.1, 0.15) is 31.5 Å². The Morgan fingerprint density at radius 1 is 1.56 bits per heavy atom. The topological polar surface area (TPSA) is 29.9 Å². The summed E-state index contributed by atoms with van der Waals surface area (Å²) in [5.41, 5.74) is 2.56. The van der Waals surface area contributed by atoms with Gasteiger partial charge in [-0.05, 0) is 31.8 Å². The molecule has 1 aromatic rings. The average Bonchev–Trinajstić information content (AvgIpc) is 2.58.